The topological polar surface area (TPSA) is 29.5 Å². The zero-order chi connectivity index (χ0) is 11.8. The lowest BCUT2D eigenvalue weighted by Crippen LogP contribution is -2.00. The van der Waals surface area contributed by atoms with Gasteiger partial charge in [-0.3, -0.25) is 0 Å². The van der Waals surface area contributed by atoms with E-state index >= 15 is 0 Å². The van der Waals surface area contributed by atoms with Crippen LogP contribution in [0.2, 0.25) is 0 Å². The van der Waals surface area contributed by atoms with Crippen molar-refractivity contribution in [2.45, 2.75) is 12.5 Å². The summed E-state index contributed by atoms with van der Waals surface area (Å²) in [5.74, 6) is 0.873. The van der Waals surface area contributed by atoms with Crippen LogP contribution >= 0.6 is 0 Å². The maximum Gasteiger partial charge on any atom is 0.133 e. The van der Waals surface area contributed by atoms with Crippen LogP contribution in [0.5, 0.6) is 11.5 Å². The number of ether oxygens (including phenoxy) is 1. The molecule has 0 spiro atoms. The molecule has 0 radical (unpaired) electrons. The monoisotopic (exact) mass is 230 g/mol. The summed E-state index contributed by atoms with van der Waals surface area (Å²) in [6.07, 6.45) is -0.295. The zero-order valence-corrected chi connectivity index (χ0v) is 9.06. The molecule has 0 aromatic heterocycles. The fourth-order valence-electron chi connectivity index (χ4n) is 2.08. The molecule has 1 heterocycles. The van der Waals surface area contributed by atoms with Crippen molar-refractivity contribution in [3.05, 3.63) is 59.4 Å². The molecule has 3 rings (SSSR count). The van der Waals surface area contributed by atoms with Gasteiger partial charge in [-0.2, -0.15) is 0 Å². The van der Waals surface area contributed by atoms with Gasteiger partial charge >= 0.3 is 0 Å². The van der Waals surface area contributed by atoms with E-state index in [0.29, 0.717) is 17.7 Å². The Kier molecular flexibility index (Phi) is 2.34. The molecule has 0 unspecified atom stereocenters. The third-order valence-electron chi connectivity index (χ3n) is 2.94. The molecule has 0 aliphatic carbocycles. The lowest BCUT2D eigenvalue weighted by Gasteiger charge is -2.10. The first kappa shape index (κ1) is 10.3. The highest BCUT2D eigenvalue weighted by Gasteiger charge is 2.21. The van der Waals surface area contributed by atoms with E-state index in [2.05, 4.69) is 0 Å². The maximum absolute atomic E-state index is 13.2. The minimum atomic E-state index is -0.732. The molecule has 1 atom stereocenters. The first-order valence-corrected chi connectivity index (χ1v) is 5.47. The van der Waals surface area contributed by atoms with Crippen LogP contribution < -0.4 is 4.74 Å². The molecule has 0 saturated heterocycles. The van der Waals surface area contributed by atoms with E-state index < -0.39 is 6.10 Å². The summed E-state index contributed by atoms with van der Waals surface area (Å²) in [7, 11) is 0. The number of aliphatic hydroxyl groups excluding tert-OH is 1. The minimum Gasteiger partial charge on any atom is -0.457 e. The van der Waals surface area contributed by atoms with Crippen LogP contribution in [-0.4, -0.2) is 5.11 Å². The summed E-state index contributed by atoms with van der Waals surface area (Å²) in [5.41, 5.74) is 1.43. The van der Waals surface area contributed by atoms with Crippen molar-refractivity contribution >= 4 is 0 Å². The number of hydrogen-bond donors (Lipinski definition) is 1. The number of hydrogen-bond acceptors (Lipinski definition) is 2. The van der Waals surface area contributed by atoms with Crippen molar-refractivity contribution in [1.29, 1.82) is 0 Å². The molecular weight excluding hydrogens is 219 g/mol. The summed E-state index contributed by atoms with van der Waals surface area (Å²) in [6.45, 7) is 0. The summed E-state index contributed by atoms with van der Waals surface area (Å²) in [5, 5.41) is 10.1. The molecule has 1 N–H and O–H groups in total. The highest BCUT2D eigenvalue weighted by molar-refractivity contribution is 5.46. The lowest BCUT2D eigenvalue weighted by molar-refractivity contribution is 0.178. The van der Waals surface area contributed by atoms with Gasteiger partial charge in [0.25, 0.3) is 0 Å². The second-order valence-corrected chi connectivity index (χ2v) is 4.11. The number of benzene rings is 2. The van der Waals surface area contributed by atoms with E-state index in [9.17, 15) is 9.50 Å². The third kappa shape index (κ3) is 1.78. The zero-order valence-electron chi connectivity index (χ0n) is 9.06. The van der Waals surface area contributed by atoms with Gasteiger partial charge in [-0.1, -0.05) is 18.2 Å². The summed E-state index contributed by atoms with van der Waals surface area (Å²) >= 11 is 0. The van der Waals surface area contributed by atoms with Crippen LogP contribution in [0, 0.1) is 5.82 Å². The molecule has 17 heavy (non-hydrogen) atoms. The van der Waals surface area contributed by atoms with Crippen molar-refractivity contribution in [3.8, 4) is 11.5 Å². The quantitative estimate of drug-likeness (QED) is 0.753. The first-order valence-electron chi connectivity index (χ1n) is 5.47. The Morgan fingerprint density at radius 2 is 1.94 bits per heavy atom. The van der Waals surface area contributed by atoms with Crippen LogP contribution in [0.3, 0.4) is 0 Å². The average Bonchev–Trinajstić information content (AvgIpc) is 2.46. The van der Waals surface area contributed by atoms with E-state index in [0.717, 1.165) is 11.3 Å². The Labute approximate surface area is 98.3 Å². The van der Waals surface area contributed by atoms with Crippen LogP contribution in [0.1, 0.15) is 17.2 Å². The lowest BCUT2D eigenvalue weighted by atomic mass is 10.0. The van der Waals surface area contributed by atoms with E-state index in [1.165, 1.54) is 12.1 Å². The van der Waals surface area contributed by atoms with E-state index in [4.69, 9.17) is 4.74 Å². The average molecular weight is 230 g/mol. The number of rotatable bonds is 0. The predicted molar refractivity (Wildman–Crippen MR) is 61.6 cm³/mol. The van der Waals surface area contributed by atoms with Gasteiger partial charge in [-0.25, -0.2) is 4.39 Å². The van der Waals surface area contributed by atoms with Crippen molar-refractivity contribution in [2.75, 3.05) is 0 Å². The highest BCUT2D eigenvalue weighted by atomic mass is 19.1. The molecule has 1 aliphatic rings. The molecule has 2 nitrogen and oxygen atoms in total. The van der Waals surface area contributed by atoms with Gasteiger partial charge in [-0.15, -0.1) is 0 Å². The smallest absolute Gasteiger partial charge is 0.133 e. The standard InChI is InChI=1S/C14H11FO2/c15-10-5-6-14-11(8-10)12(16)7-9-3-1-2-4-13(9)17-14/h1-6,8,12,16H,7H2/t12-/m0/s1. The normalized spacial score (nSPS) is 17.6. The summed E-state index contributed by atoms with van der Waals surface area (Å²) in [6, 6.07) is 11.7. The summed E-state index contributed by atoms with van der Waals surface area (Å²) < 4.78 is 18.9. The van der Waals surface area contributed by atoms with Crippen LogP contribution in [0.15, 0.2) is 42.5 Å². The van der Waals surface area contributed by atoms with Crippen LogP contribution in [0.25, 0.3) is 0 Å². The fraction of sp³-hybridized carbons (Fsp3) is 0.143. The Bertz CT molecular complexity index is 566. The second-order valence-electron chi connectivity index (χ2n) is 4.11. The molecule has 0 amide bonds. The molecule has 2 aromatic rings. The maximum atomic E-state index is 13.2. The molecule has 0 bridgehead atoms. The molecular formula is C14H11FO2. The number of fused-ring (bicyclic) bond motifs is 2. The van der Waals surface area contributed by atoms with Crippen molar-refractivity contribution in [1.82, 2.24) is 0 Å². The Morgan fingerprint density at radius 3 is 2.82 bits per heavy atom. The molecule has 1 aliphatic heterocycles. The molecule has 3 heteroatoms. The van der Waals surface area contributed by atoms with E-state index in [-0.39, 0.29) is 5.82 Å². The fourth-order valence-corrected chi connectivity index (χ4v) is 2.08. The number of para-hydroxylation sites is 1. The summed E-state index contributed by atoms with van der Waals surface area (Å²) in [4.78, 5) is 0. The van der Waals surface area contributed by atoms with Gasteiger partial charge in [0.2, 0.25) is 0 Å². The van der Waals surface area contributed by atoms with Crippen molar-refractivity contribution in [2.24, 2.45) is 0 Å². The van der Waals surface area contributed by atoms with Gasteiger partial charge in [0.15, 0.2) is 0 Å². The SMILES string of the molecule is O[C@H]1Cc2ccccc2Oc2ccc(F)cc21. The minimum absolute atomic E-state index is 0.364. The Morgan fingerprint density at radius 1 is 1.12 bits per heavy atom. The van der Waals surface area contributed by atoms with Crippen LogP contribution in [0.4, 0.5) is 4.39 Å². The van der Waals surface area contributed by atoms with Gasteiger partial charge in [-0.05, 0) is 29.8 Å². The molecule has 2 aromatic carbocycles. The van der Waals surface area contributed by atoms with Gasteiger partial charge in [0.1, 0.15) is 17.3 Å². The molecule has 86 valence electrons. The first-order chi connectivity index (χ1) is 8.24. The molecule has 0 fully saturated rings. The van der Waals surface area contributed by atoms with E-state index in [1.54, 1.807) is 6.07 Å². The van der Waals surface area contributed by atoms with Gasteiger partial charge in [0.05, 0.1) is 6.10 Å². The number of aliphatic hydroxyl groups is 1. The van der Waals surface area contributed by atoms with E-state index in [1.807, 2.05) is 24.3 Å². The third-order valence-corrected chi connectivity index (χ3v) is 2.94. The van der Waals surface area contributed by atoms with Crippen molar-refractivity contribution < 1.29 is 14.2 Å². The predicted octanol–water partition coefficient (Wildman–Crippen LogP) is 3.21. The number of halogens is 1. The molecule has 0 saturated carbocycles. The van der Waals surface area contributed by atoms with Crippen LogP contribution in [-0.2, 0) is 6.42 Å². The Hall–Kier alpha value is -1.87. The highest BCUT2D eigenvalue weighted by Crippen LogP contribution is 2.38. The van der Waals surface area contributed by atoms with Gasteiger partial charge < -0.3 is 9.84 Å². The van der Waals surface area contributed by atoms with Gasteiger partial charge in [0, 0.05) is 12.0 Å². The largest absolute Gasteiger partial charge is 0.457 e. The van der Waals surface area contributed by atoms with Crippen molar-refractivity contribution in [3.63, 3.8) is 0 Å². The second kappa shape index (κ2) is 3.86. The Balaban J connectivity index is 2.14.